The van der Waals surface area contributed by atoms with E-state index in [-0.39, 0.29) is 5.84 Å². The predicted octanol–water partition coefficient (Wildman–Crippen LogP) is 2.15. The van der Waals surface area contributed by atoms with Gasteiger partial charge < -0.3 is 10.6 Å². The summed E-state index contributed by atoms with van der Waals surface area (Å²) >= 11 is 0. The van der Waals surface area contributed by atoms with Gasteiger partial charge in [0.25, 0.3) is 0 Å². The zero-order valence-corrected chi connectivity index (χ0v) is 9.46. The molecule has 15 heavy (non-hydrogen) atoms. The average molecular weight is 205 g/mol. The molecular weight excluding hydrogens is 186 g/mol. The van der Waals surface area contributed by atoms with Crippen molar-refractivity contribution >= 4 is 11.5 Å². The first-order chi connectivity index (χ1) is 7.15. The predicted molar refractivity (Wildman–Crippen MR) is 65.6 cm³/mol. The number of aryl methyl sites for hydroxylation is 1. The smallest absolute Gasteiger partial charge is 0.0923 e. The SMILES string of the molecule is CCN(CCC(=N)N)c1ccccc1C. The highest BCUT2D eigenvalue weighted by atomic mass is 15.1. The van der Waals surface area contributed by atoms with Gasteiger partial charge in [-0.25, -0.2) is 0 Å². The molecule has 0 aliphatic rings. The van der Waals surface area contributed by atoms with Gasteiger partial charge in [0, 0.05) is 25.2 Å². The molecule has 0 bridgehead atoms. The van der Waals surface area contributed by atoms with Crippen LogP contribution in [0.5, 0.6) is 0 Å². The summed E-state index contributed by atoms with van der Waals surface area (Å²) in [6, 6.07) is 8.29. The molecule has 0 unspecified atom stereocenters. The van der Waals surface area contributed by atoms with Gasteiger partial charge in [-0.1, -0.05) is 18.2 Å². The Kier molecular flexibility index (Phi) is 4.16. The summed E-state index contributed by atoms with van der Waals surface area (Å²) in [7, 11) is 0. The minimum absolute atomic E-state index is 0.252. The lowest BCUT2D eigenvalue weighted by Crippen LogP contribution is -2.28. The van der Waals surface area contributed by atoms with Crippen molar-refractivity contribution in [1.29, 1.82) is 5.41 Å². The maximum absolute atomic E-state index is 7.23. The molecule has 0 fully saturated rings. The van der Waals surface area contributed by atoms with Crippen molar-refractivity contribution in [2.45, 2.75) is 20.3 Å². The maximum atomic E-state index is 7.23. The van der Waals surface area contributed by atoms with E-state index in [0.717, 1.165) is 13.1 Å². The third-order valence-corrected chi connectivity index (χ3v) is 2.49. The summed E-state index contributed by atoms with van der Waals surface area (Å²) in [5.41, 5.74) is 7.87. The molecule has 0 aliphatic carbocycles. The van der Waals surface area contributed by atoms with Crippen molar-refractivity contribution in [3.63, 3.8) is 0 Å². The minimum atomic E-state index is 0.252. The molecule has 0 amide bonds. The Morgan fingerprint density at radius 2 is 2.07 bits per heavy atom. The van der Waals surface area contributed by atoms with Crippen LogP contribution < -0.4 is 10.6 Å². The number of para-hydroxylation sites is 1. The Morgan fingerprint density at radius 3 is 2.60 bits per heavy atom. The van der Waals surface area contributed by atoms with E-state index in [9.17, 15) is 0 Å². The molecule has 3 N–H and O–H groups in total. The Morgan fingerprint density at radius 1 is 1.40 bits per heavy atom. The van der Waals surface area contributed by atoms with Gasteiger partial charge in [-0.3, -0.25) is 5.41 Å². The largest absolute Gasteiger partial charge is 0.388 e. The van der Waals surface area contributed by atoms with Crippen LogP contribution in [0.1, 0.15) is 18.9 Å². The molecule has 0 saturated carbocycles. The quantitative estimate of drug-likeness (QED) is 0.571. The van der Waals surface area contributed by atoms with Gasteiger partial charge in [-0.15, -0.1) is 0 Å². The number of hydrogen-bond donors (Lipinski definition) is 2. The number of rotatable bonds is 5. The first-order valence-corrected chi connectivity index (χ1v) is 5.28. The Bertz CT molecular complexity index is 333. The Hall–Kier alpha value is -1.51. The Balaban J connectivity index is 2.74. The second kappa shape index (κ2) is 5.39. The number of hydrogen-bond acceptors (Lipinski definition) is 2. The van der Waals surface area contributed by atoms with Crippen LogP contribution in [0.2, 0.25) is 0 Å². The fourth-order valence-corrected chi connectivity index (χ4v) is 1.62. The summed E-state index contributed by atoms with van der Waals surface area (Å²) < 4.78 is 0. The Labute approximate surface area is 91.4 Å². The zero-order chi connectivity index (χ0) is 11.3. The van der Waals surface area contributed by atoms with Crippen molar-refractivity contribution in [3.05, 3.63) is 29.8 Å². The van der Waals surface area contributed by atoms with Gasteiger partial charge >= 0.3 is 0 Å². The van der Waals surface area contributed by atoms with Crippen LogP contribution in [-0.4, -0.2) is 18.9 Å². The van der Waals surface area contributed by atoms with Crippen molar-refractivity contribution in [2.75, 3.05) is 18.0 Å². The normalized spacial score (nSPS) is 10.0. The molecule has 0 atom stereocenters. The van der Waals surface area contributed by atoms with Crippen LogP contribution in [0, 0.1) is 12.3 Å². The summed E-state index contributed by atoms with van der Waals surface area (Å²) in [4.78, 5) is 2.25. The zero-order valence-electron chi connectivity index (χ0n) is 9.46. The lowest BCUT2D eigenvalue weighted by Gasteiger charge is -2.24. The first kappa shape index (κ1) is 11.6. The van der Waals surface area contributed by atoms with Crippen molar-refractivity contribution in [2.24, 2.45) is 5.73 Å². The van der Waals surface area contributed by atoms with Crippen LogP contribution in [-0.2, 0) is 0 Å². The van der Waals surface area contributed by atoms with E-state index in [1.54, 1.807) is 0 Å². The first-order valence-electron chi connectivity index (χ1n) is 5.28. The highest BCUT2D eigenvalue weighted by molar-refractivity contribution is 5.77. The van der Waals surface area contributed by atoms with E-state index in [2.05, 4.69) is 30.9 Å². The highest BCUT2D eigenvalue weighted by Gasteiger charge is 2.06. The molecule has 0 heterocycles. The van der Waals surface area contributed by atoms with Crippen LogP contribution in [0.4, 0.5) is 5.69 Å². The molecule has 3 nitrogen and oxygen atoms in total. The average Bonchev–Trinajstić information content (AvgIpc) is 2.21. The summed E-state index contributed by atoms with van der Waals surface area (Å²) in [6.07, 6.45) is 0.627. The summed E-state index contributed by atoms with van der Waals surface area (Å²) in [5, 5.41) is 7.23. The second-order valence-corrected chi connectivity index (χ2v) is 3.64. The van der Waals surface area contributed by atoms with Crippen molar-refractivity contribution in [3.8, 4) is 0 Å². The van der Waals surface area contributed by atoms with Crippen LogP contribution >= 0.6 is 0 Å². The number of nitrogens with zero attached hydrogens (tertiary/aromatic N) is 1. The lowest BCUT2D eigenvalue weighted by atomic mass is 10.1. The topological polar surface area (TPSA) is 53.1 Å². The summed E-state index contributed by atoms with van der Waals surface area (Å²) in [5.74, 6) is 0.252. The molecule has 1 aromatic carbocycles. The van der Waals surface area contributed by atoms with Crippen LogP contribution in [0.25, 0.3) is 0 Å². The summed E-state index contributed by atoms with van der Waals surface area (Å²) in [6.45, 7) is 5.98. The van der Waals surface area contributed by atoms with Crippen LogP contribution in [0.15, 0.2) is 24.3 Å². The molecule has 0 aromatic heterocycles. The van der Waals surface area contributed by atoms with Gasteiger partial charge in [-0.05, 0) is 25.5 Å². The molecule has 0 saturated heterocycles. The van der Waals surface area contributed by atoms with Gasteiger partial charge in [-0.2, -0.15) is 0 Å². The number of nitrogens with two attached hydrogens (primary N) is 1. The molecule has 3 heteroatoms. The van der Waals surface area contributed by atoms with E-state index in [0.29, 0.717) is 6.42 Å². The van der Waals surface area contributed by atoms with Crippen molar-refractivity contribution in [1.82, 2.24) is 0 Å². The molecule has 1 rings (SSSR count). The number of benzene rings is 1. The van der Waals surface area contributed by atoms with E-state index in [4.69, 9.17) is 11.1 Å². The molecule has 1 aromatic rings. The fourth-order valence-electron chi connectivity index (χ4n) is 1.62. The van der Waals surface area contributed by atoms with E-state index >= 15 is 0 Å². The molecule has 0 radical (unpaired) electrons. The third-order valence-electron chi connectivity index (χ3n) is 2.49. The van der Waals surface area contributed by atoms with E-state index < -0.39 is 0 Å². The second-order valence-electron chi connectivity index (χ2n) is 3.64. The van der Waals surface area contributed by atoms with Gasteiger partial charge in [0.2, 0.25) is 0 Å². The van der Waals surface area contributed by atoms with E-state index in [1.807, 2.05) is 12.1 Å². The molecule has 82 valence electrons. The maximum Gasteiger partial charge on any atom is 0.0923 e. The minimum Gasteiger partial charge on any atom is -0.388 e. The van der Waals surface area contributed by atoms with Gasteiger partial charge in [0.05, 0.1) is 5.84 Å². The fraction of sp³-hybridized carbons (Fsp3) is 0.417. The van der Waals surface area contributed by atoms with Crippen molar-refractivity contribution < 1.29 is 0 Å². The monoisotopic (exact) mass is 205 g/mol. The molecule has 0 aliphatic heterocycles. The molecular formula is C12H19N3. The standard InChI is InChI=1S/C12H19N3/c1-3-15(9-8-12(13)14)11-7-5-4-6-10(11)2/h4-7H,3,8-9H2,1-2H3,(H3,13,14). The van der Waals surface area contributed by atoms with E-state index in [1.165, 1.54) is 11.3 Å². The number of anilines is 1. The van der Waals surface area contributed by atoms with Crippen LogP contribution in [0.3, 0.4) is 0 Å². The van der Waals surface area contributed by atoms with Gasteiger partial charge in [0.15, 0.2) is 0 Å². The van der Waals surface area contributed by atoms with Gasteiger partial charge in [0.1, 0.15) is 0 Å². The lowest BCUT2D eigenvalue weighted by molar-refractivity contribution is 0.828. The number of nitrogens with one attached hydrogen (secondary N) is 1. The third kappa shape index (κ3) is 3.27. The molecule has 0 spiro atoms. The highest BCUT2D eigenvalue weighted by Crippen LogP contribution is 2.18. The number of amidine groups is 1.